The Balaban J connectivity index is 1.38. The number of hydrogen-bond donors (Lipinski definition) is 1. The first kappa shape index (κ1) is 20.9. The highest BCUT2D eigenvalue weighted by Gasteiger charge is 2.18. The molecule has 168 valence electrons. The number of amides is 1. The van der Waals surface area contributed by atoms with Crippen LogP contribution in [0.5, 0.6) is 0 Å². The average Bonchev–Trinajstić information content (AvgIpc) is 3.12. The number of aromatic nitrogens is 3. The molecule has 3 heterocycles. The normalized spacial score (nSPS) is 13.9. The Morgan fingerprint density at radius 1 is 1.00 bits per heavy atom. The minimum atomic E-state index is -0.423. The second-order valence-electron chi connectivity index (χ2n) is 7.72. The van der Waals surface area contributed by atoms with Gasteiger partial charge in [0.1, 0.15) is 12.4 Å². The van der Waals surface area contributed by atoms with Crippen molar-refractivity contribution in [1.82, 2.24) is 14.1 Å². The number of carbonyl (C=O) groups is 1. The van der Waals surface area contributed by atoms with Gasteiger partial charge in [0.2, 0.25) is 5.91 Å². The molecule has 1 aliphatic rings. The molecule has 0 bridgehead atoms. The number of fused-ring (bicyclic) bond motifs is 1. The van der Waals surface area contributed by atoms with E-state index in [1.807, 2.05) is 24.3 Å². The summed E-state index contributed by atoms with van der Waals surface area (Å²) in [6.07, 6.45) is 1.57. The lowest BCUT2D eigenvalue weighted by molar-refractivity contribution is -0.116. The minimum Gasteiger partial charge on any atom is -0.378 e. The standard InChI is InChI=1S/C24H22FN5O3/c25-17-3-7-20(8-4-17)30-23-21(2-1-11-26-23)29(24(30)32)16-22(31)27-18-5-9-19(10-6-18)28-12-14-33-15-13-28/h1-11H,12-16H2,(H,27,31). The van der Waals surface area contributed by atoms with E-state index in [0.717, 1.165) is 18.8 Å². The summed E-state index contributed by atoms with van der Waals surface area (Å²) in [5, 5.41) is 2.85. The molecule has 2 aromatic carbocycles. The summed E-state index contributed by atoms with van der Waals surface area (Å²) in [6, 6.07) is 16.6. The molecule has 0 aliphatic carbocycles. The summed E-state index contributed by atoms with van der Waals surface area (Å²) < 4.78 is 21.5. The lowest BCUT2D eigenvalue weighted by atomic mass is 10.2. The van der Waals surface area contributed by atoms with Crippen molar-refractivity contribution >= 4 is 28.4 Å². The third kappa shape index (κ3) is 4.22. The molecule has 0 radical (unpaired) electrons. The van der Waals surface area contributed by atoms with Crippen LogP contribution in [0.1, 0.15) is 0 Å². The molecule has 8 nitrogen and oxygen atoms in total. The van der Waals surface area contributed by atoms with Gasteiger partial charge in [-0.05, 0) is 60.7 Å². The fraction of sp³-hybridized carbons (Fsp3) is 0.208. The van der Waals surface area contributed by atoms with E-state index >= 15 is 0 Å². The van der Waals surface area contributed by atoms with Crippen molar-refractivity contribution in [3.05, 3.63) is 83.2 Å². The summed E-state index contributed by atoms with van der Waals surface area (Å²) in [6.45, 7) is 2.89. The van der Waals surface area contributed by atoms with Gasteiger partial charge in [0.05, 0.1) is 24.4 Å². The molecule has 1 amide bonds. The van der Waals surface area contributed by atoms with Gasteiger partial charge in [-0.2, -0.15) is 0 Å². The SMILES string of the molecule is O=C(Cn1c(=O)n(-c2ccc(F)cc2)c2ncccc21)Nc1ccc(N2CCOCC2)cc1. The number of halogens is 1. The van der Waals surface area contributed by atoms with E-state index in [4.69, 9.17) is 4.74 Å². The maximum absolute atomic E-state index is 13.4. The summed E-state index contributed by atoms with van der Waals surface area (Å²) in [5.41, 5.74) is 2.68. The number of pyridine rings is 1. The third-order valence-corrected chi connectivity index (χ3v) is 5.60. The van der Waals surface area contributed by atoms with Gasteiger partial charge in [-0.3, -0.25) is 9.36 Å². The van der Waals surface area contributed by atoms with Gasteiger partial charge in [-0.1, -0.05) is 0 Å². The molecule has 5 rings (SSSR count). The number of carbonyl (C=O) groups excluding carboxylic acids is 1. The Kier molecular flexibility index (Phi) is 5.62. The number of ether oxygens (including phenoxy) is 1. The number of hydrogen-bond acceptors (Lipinski definition) is 5. The maximum atomic E-state index is 13.4. The van der Waals surface area contributed by atoms with Crippen LogP contribution in [0, 0.1) is 5.82 Å². The van der Waals surface area contributed by atoms with E-state index in [1.54, 1.807) is 18.3 Å². The molecule has 33 heavy (non-hydrogen) atoms. The molecule has 1 N–H and O–H groups in total. The minimum absolute atomic E-state index is 0.180. The molecule has 9 heteroatoms. The Bertz CT molecular complexity index is 1340. The first-order valence-corrected chi connectivity index (χ1v) is 10.6. The summed E-state index contributed by atoms with van der Waals surface area (Å²) in [4.78, 5) is 32.5. The van der Waals surface area contributed by atoms with Crippen LogP contribution >= 0.6 is 0 Å². The molecule has 1 saturated heterocycles. The maximum Gasteiger partial charge on any atom is 0.335 e. The number of nitrogens with zero attached hydrogens (tertiary/aromatic N) is 4. The molecule has 4 aromatic rings. The van der Waals surface area contributed by atoms with Crippen LogP contribution in [0.25, 0.3) is 16.9 Å². The molecule has 0 unspecified atom stereocenters. The first-order valence-electron chi connectivity index (χ1n) is 10.6. The van der Waals surface area contributed by atoms with Gasteiger partial charge in [0.25, 0.3) is 0 Å². The Morgan fingerprint density at radius 3 is 2.42 bits per heavy atom. The molecular weight excluding hydrogens is 425 g/mol. The quantitative estimate of drug-likeness (QED) is 0.509. The lowest BCUT2D eigenvalue weighted by Gasteiger charge is -2.28. The first-order chi connectivity index (χ1) is 16.1. The highest BCUT2D eigenvalue weighted by Crippen LogP contribution is 2.20. The fourth-order valence-corrected chi connectivity index (χ4v) is 3.98. The van der Waals surface area contributed by atoms with Gasteiger partial charge < -0.3 is 15.0 Å². The van der Waals surface area contributed by atoms with Crippen LogP contribution < -0.4 is 15.9 Å². The Labute approximate surface area is 188 Å². The van der Waals surface area contributed by atoms with Crippen LogP contribution in [0.2, 0.25) is 0 Å². The van der Waals surface area contributed by atoms with Gasteiger partial charge in [0.15, 0.2) is 5.65 Å². The zero-order chi connectivity index (χ0) is 22.8. The third-order valence-electron chi connectivity index (χ3n) is 5.60. The van der Waals surface area contributed by atoms with Crippen molar-refractivity contribution in [2.24, 2.45) is 0 Å². The average molecular weight is 447 g/mol. The van der Waals surface area contributed by atoms with E-state index in [0.29, 0.717) is 35.8 Å². The number of benzene rings is 2. The van der Waals surface area contributed by atoms with E-state index in [9.17, 15) is 14.0 Å². The predicted molar refractivity (Wildman–Crippen MR) is 123 cm³/mol. The van der Waals surface area contributed by atoms with Crippen molar-refractivity contribution < 1.29 is 13.9 Å². The van der Waals surface area contributed by atoms with E-state index in [-0.39, 0.29) is 12.5 Å². The molecule has 0 saturated carbocycles. The second-order valence-corrected chi connectivity index (χ2v) is 7.72. The van der Waals surface area contributed by atoms with E-state index in [1.165, 1.54) is 33.4 Å². The summed E-state index contributed by atoms with van der Waals surface area (Å²) in [7, 11) is 0. The van der Waals surface area contributed by atoms with Crippen LogP contribution in [0.4, 0.5) is 15.8 Å². The summed E-state index contributed by atoms with van der Waals surface area (Å²) in [5.74, 6) is -0.735. The number of nitrogens with one attached hydrogen (secondary N) is 1. The number of imidazole rings is 1. The monoisotopic (exact) mass is 447 g/mol. The van der Waals surface area contributed by atoms with Gasteiger partial charge in [-0.15, -0.1) is 0 Å². The highest BCUT2D eigenvalue weighted by atomic mass is 19.1. The van der Waals surface area contributed by atoms with E-state index < -0.39 is 11.5 Å². The van der Waals surface area contributed by atoms with E-state index in [2.05, 4.69) is 15.2 Å². The van der Waals surface area contributed by atoms with Gasteiger partial charge in [0, 0.05) is 30.7 Å². The smallest absolute Gasteiger partial charge is 0.335 e. The topological polar surface area (TPSA) is 81.4 Å². The van der Waals surface area contributed by atoms with Crippen molar-refractivity contribution in [1.29, 1.82) is 0 Å². The number of anilines is 2. The molecule has 1 aliphatic heterocycles. The predicted octanol–water partition coefficient (Wildman–Crippen LogP) is 2.80. The lowest BCUT2D eigenvalue weighted by Crippen LogP contribution is -2.36. The second kappa shape index (κ2) is 8.87. The largest absolute Gasteiger partial charge is 0.378 e. The van der Waals surface area contributed by atoms with Crippen LogP contribution in [0.3, 0.4) is 0 Å². The number of rotatable bonds is 5. The van der Waals surface area contributed by atoms with Crippen molar-refractivity contribution in [3.8, 4) is 5.69 Å². The highest BCUT2D eigenvalue weighted by molar-refractivity contribution is 5.91. The molecular formula is C24H22FN5O3. The zero-order valence-corrected chi connectivity index (χ0v) is 17.8. The fourth-order valence-electron chi connectivity index (χ4n) is 3.98. The van der Waals surface area contributed by atoms with Crippen molar-refractivity contribution in [3.63, 3.8) is 0 Å². The van der Waals surface area contributed by atoms with Crippen LogP contribution in [-0.4, -0.2) is 46.3 Å². The number of morpholine rings is 1. The Morgan fingerprint density at radius 2 is 1.70 bits per heavy atom. The van der Waals surface area contributed by atoms with Crippen molar-refractivity contribution in [2.45, 2.75) is 6.54 Å². The Hall–Kier alpha value is -3.98. The van der Waals surface area contributed by atoms with Gasteiger partial charge in [-0.25, -0.2) is 18.7 Å². The molecule has 0 spiro atoms. The molecule has 2 aromatic heterocycles. The van der Waals surface area contributed by atoms with Crippen molar-refractivity contribution in [2.75, 3.05) is 36.5 Å². The zero-order valence-electron chi connectivity index (χ0n) is 17.8. The molecule has 1 fully saturated rings. The van der Waals surface area contributed by atoms with Gasteiger partial charge >= 0.3 is 5.69 Å². The van der Waals surface area contributed by atoms with Crippen LogP contribution in [-0.2, 0) is 16.1 Å². The summed E-state index contributed by atoms with van der Waals surface area (Å²) >= 11 is 0. The molecule has 0 atom stereocenters. The van der Waals surface area contributed by atoms with Crippen LogP contribution in [0.15, 0.2) is 71.7 Å².